The standard InChI is InChI=1S/C13H17NO3/c15-12(14-5-1-2-6-14)10-8-3-4-9(7-8)11(10)13(16)17/h3-4,8-11H,1-2,5-7H2,(H,16,17)/p-1/t8-,9+,10+,11+/m1/s1. The van der Waals surface area contributed by atoms with Crippen LogP contribution in [0.5, 0.6) is 0 Å². The normalized spacial score (nSPS) is 38.9. The highest BCUT2D eigenvalue weighted by Crippen LogP contribution is 2.48. The molecule has 0 aromatic rings. The molecule has 92 valence electrons. The number of hydrogen-bond acceptors (Lipinski definition) is 3. The summed E-state index contributed by atoms with van der Waals surface area (Å²) in [5.74, 6) is -1.85. The number of rotatable bonds is 2. The number of allylic oxidation sites excluding steroid dienone is 2. The van der Waals surface area contributed by atoms with E-state index < -0.39 is 11.9 Å². The van der Waals surface area contributed by atoms with E-state index in [4.69, 9.17) is 0 Å². The van der Waals surface area contributed by atoms with Gasteiger partial charge in [0.15, 0.2) is 0 Å². The molecular formula is C13H16NO3-. The molecule has 0 aromatic carbocycles. The minimum atomic E-state index is -1.06. The first-order chi connectivity index (χ1) is 8.18. The highest BCUT2D eigenvalue weighted by Gasteiger charge is 2.49. The van der Waals surface area contributed by atoms with E-state index in [9.17, 15) is 14.7 Å². The molecular weight excluding hydrogens is 218 g/mol. The SMILES string of the molecule is O=C([O-])[C@@H]1[C@@H](C(=O)N2CCCC2)[C@@H]2C=C[C@H]1C2. The molecule has 3 rings (SSSR count). The van der Waals surface area contributed by atoms with Crippen LogP contribution in [0.15, 0.2) is 12.2 Å². The minimum Gasteiger partial charge on any atom is -0.550 e. The average molecular weight is 234 g/mol. The van der Waals surface area contributed by atoms with E-state index in [1.165, 1.54) is 0 Å². The van der Waals surface area contributed by atoms with Crippen molar-refractivity contribution in [2.75, 3.05) is 13.1 Å². The van der Waals surface area contributed by atoms with Crippen LogP contribution in [0.2, 0.25) is 0 Å². The van der Waals surface area contributed by atoms with E-state index >= 15 is 0 Å². The minimum absolute atomic E-state index is 0.0153. The van der Waals surface area contributed by atoms with Gasteiger partial charge in [0.1, 0.15) is 0 Å². The van der Waals surface area contributed by atoms with Crippen LogP contribution in [0.4, 0.5) is 0 Å². The molecule has 1 saturated carbocycles. The van der Waals surface area contributed by atoms with Crippen LogP contribution in [0, 0.1) is 23.7 Å². The van der Waals surface area contributed by atoms with Crippen LogP contribution >= 0.6 is 0 Å². The van der Waals surface area contributed by atoms with E-state index in [0.29, 0.717) is 0 Å². The molecule has 1 amide bonds. The summed E-state index contributed by atoms with van der Waals surface area (Å²) in [4.78, 5) is 25.4. The lowest BCUT2D eigenvalue weighted by Crippen LogP contribution is -2.45. The van der Waals surface area contributed by atoms with Crippen molar-refractivity contribution in [1.29, 1.82) is 0 Å². The zero-order valence-electron chi connectivity index (χ0n) is 9.67. The number of carbonyl (C=O) groups excluding carboxylic acids is 2. The summed E-state index contributed by atoms with van der Waals surface area (Å²) >= 11 is 0. The van der Waals surface area contributed by atoms with Crippen LogP contribution in [0.1, 0.15) is 19.3 Å². The van der Waals surface area contributed by atoms with Crippen molar-refractivity contribution < 1.29 is 14.7 Å². The molecule has 4 heteroatoms. The number of likely N-dealkylation sites (tertiary alicyclic amines) is 1. The molecule has 4 nitrogen and oxygen atoms in total. The van der Waals surface area contributed by atoms with E-state index in [1.54, 1.807) is 0 Å². The predicted molar refractivity (Wildman–Crippen MR) is 58.5 cm³/mol. The third kappa shape index (κ3) is 1.58. The van der Waals surface area contributed by atoms with Gasteiger partial charge in [0, 0.05) is 25.0 Å². The lowest BCUT2D eigenvalue weighted by atomic mass is 9.82. The fourth-order valence-corrected chi connectivity index (χ4v) is 3.63. The highest BCUT2D eigenvalue weighted by atomic mass is 16.4. The molecule has 0 spiro atoms. The smallest absolute Gasteiger partial charge is 0.226 e. The van der Waals surface area contributed by atoms with Gasteiger partial charge in [-0.05, 0) is 31.1 Å². The lowest BCUT2D eigenvalue weighted by molar-refractivity contribution is -0.313. The molecule has 0 aromatic heterocycles. The van der Waals surface area contributed by atoms with Crippen molar-refractivity contribution in [2.24, 2.45) is 23.7 Å². The molecule has 2 fully saturated rings. The summed E-state index contributed by atoms with van der Waals surface area (Å²) in [6.07, 6.45) is 6.85. The van der Waals surface area contributed by atoms with Crippen molar-refractivity contribution in [1.82, 2.24) is 4.90 Å². The summed E-state index contributed by atoms with van der Waals surface area (Å²) < 4.78 is 0. The quantitative estimate of drug-likeness (QED) is 0.621. The number of hydrogen-bond donors (Lipinski definition) is 0. The number of fused-ring (bicyclic) bond motifs is 2. The molecule has 17 heavy (non-hydrogen) atoms. The lowest BCUT2D eigenvalue weighted by Gasteiger charge is -2.31. The van der Waals surface area contributed by atoms with Gasteiger partial charge >= 0.3 is 0 Å². The molecule has 0 radical (unpaired) electrons. The van der Waals surface area contributed by atoms with Crippen molar-refractivity contribution in [3.05, 3.63) is 12.2 Å². The Hall–Kier alpha value is -1.32. The summed E-state index contributed by atoms with van der Waals surface area (Å²) in [5.41, 5.74) is 0. The molecule has 1 heterocycles. The van der Waals surface area contributed by atoms with Gasteiger partial charge in [-0.3, -0.25) is 4.79 Å². The monoisotopic (exact) mass is 234 g/mol. The van der Waals surface area contributed by atoms with Gasteiger partial charge in [-0.15, -0.1) is 0 Å². The van der Waals surface area contributed by atoms with Gasteiger partial charge in [-0.2, -0.15) is 0 Å². The molecule has 0 unspecified atom stereocenters. The summed E-state index contributed by atoms with van der Waals surface area (Å²) in [6, 6.07) is 0. The third-order valence-corrected chi connectivity index (χ3v) is 4.43. The maximum absolute atomic E-state index is 12.4. The van der Waals surface area contributed by atoms with Gasteiger partial charge in [-0.1, -0.05) is 12.2 Å². The van der Waals surface area contributed by atoms with Crippen LogP contribution in [0.3, 0.4) is 0 Å². The number of carbonyl (C=O) groups is 2. The number of aliphatic carboxylic acids is 1. The average Bonchev–Trinajstić information content (AvgIpc) is 3.02. The molecule has 2 bridgehead atoms. The van der Waals surface area contributed by atoms with Gasteiger partial charge in [-0.25, -0.2) is 0 Å². The van der Waals surface area contributed by atoms with Crippen LogP contribution in [-0.2, 0) is 9.59 Å². The van der Waals surface area contributed by atoms with Crippen molar-refractivity contribution in [3.8, 4) is 0 Å². The maximum atomic E-state index is 12.4. The Morgan fingerprint density at radius 3 is 2.24 bits per heavy atom. The van der Waals surface area contributed by atoms with Crippen molar-refractivity contribution in [3.63, 3.8) is 0 Å². The molecule has 3 aliphatic rings. The summed E-state index contributed by atoms with van der Waals surface area (Å²) in [6.45, 7) is 1.58. The molecule has 1 saturated heterocycles. The van der Waals surface area contributed by atoms with Crippen molar-refractivity contribution >= 4 is 11.9 Å². The number of carboxylic acid groups (broad SMARTS) is 1. The topological polar surface area (TPSA) is 60.4 Å². The number of carboxylic acids is 1. The highest BCUT2D eigenvalue weighted by molar-refractivity contribution is 5.86. The number of amides is 1. The Morgan fingerprint density at radius 1 is 1.06 bits per heavy atom. The number of nitrogens with zero attached hydrogens (tertiary/aromatic N) is 1. The largest absolute Gasteiger partial charge is 0.550 e. The van der Waals surface area contributed by atoms with Gasteiger partial charge in [0.25, 0.3) is 0 Å². The zero-order valence-corrected chi connectivity index (χ0v) is 9.67. The fraction of sp³-hybridized carbons (Fsp3) is 0.692. The van der Waals surface area contributed by atoms with E-state index in [2.05, 4.69) is 0 Å². The van der Waals surface area contributed by atoms with Crippen LogP contribution in [0.25, 0.3) is 0 Å². The van der Waals surface area contributed by atoms with Gasteiger partial charge in [0.2, 0.25) is 5.91 Å². The Labute approximate surface area is 100 Å². The van der Waals surface area contributed by atoms with Crippen molar-refractivity contribution in [2.45, 2.75) is 19.3 Å². The maximum Gasteiger partial charge on any atom is 0.226 e. The second-order valence-corrected chi connectivity index (χ2v) is 5.35. The second-order valence-electron chi connectivity index (χ2n) is 5.35. The molecule has 1 aliphatic heterocycles. The molecule has 2 aliphatic carbocycles. The molecule has 4 atom stereocenters. The van der Waals surface area contributed by atoms with E-state index in [0.717, 1.165) is 32.4 Å². The molecule has 0 N–H and O–H groups in total. The van der Waals surface area contributed by atoms with E-state index in [-0.39, 0.29) is 23.7 Å². The summed E-state index contributed by atoms with van der Waals surface area (Å²) in [5, 5.41) is 11.2. The van der Waals surface area contributed by atoms with Crippen LogP contribution in [-0.4, -0.2) is 29.9 Å². The predicted octanol–water partition coefficient (Wildman–Crippen LogP) is -0.203. The van der Waals surface area contributed by atoms with E-state index in [1.807, 2.05) is 17.1 Å². The Morgan fingerprint density at radius 2 is 1.65 bits per heavy atom. The Kier molecular flexibility index (Phi) is 2.45. The Balaban J connectivity index is 1.83. The second kappa shape index (κ2) is 3.86. The fourth-order valence-electron chi connectivity index (χ4n) is 3.63. The first-order valence-corrected chi connectivity index (χ1v) is 6.36. The first-order valence-electron chi connectivity index (χ1n) is 6.36. The zero-order chi connectivity index (χ0) is 12.0. The summed E-state index contributed by atoms with van der Waals surface area (Å²) in [7, 11) is 0. The third-order valence-electron chi connectivity index (χ3n) is 4.43. The van der Waals surface area contributed by atoms with Gasteiger partial charge in [0.05, 0.1) is 5.92 Å². The first kappa shape index (κ1) is 10.8. The van der Waals surface area contributed by atoms with Crippen LogP contribution < -0.4 is 5.11 Å². The van der Waals surface area contributed by atoms with Gasteiger partial charge < -0.3 is 14.8 Å². The Bertz CT molecular complexity index is 384.